The molecule has 0 saturated carbocycles. The van der Waals surface area contributed by atoms with Crippen LogP contribution in [0.1, 0.15) is 11.3 Å². The summed E-state index contributed by atoms with van der Waals surface area (Å²) in [6.45, 7) is 0. The molecule has 0 fully saturated rings. The van der Waals surface area contributed by atoms with Crippen molar-refractivity contribution in [3.63, 3.8) is 0 Å². The maximum atomic E-state index is 12.4. The van der Waals surface area contributed by atoms with E-state index in [4.69, 9.17) is 5.11 Å². The average Bonchev–Trinajstić information content (AvgIpc) is 2.15. The van der Waals surface area contributed by atoms with Gasteiger partial charge in [-0.2, -0.15) is 26.3 Å². The fourth-order valence-electron chi connectivity index (χ4n) is 1.16. The zero-order chi connectivity index (χ0) is 13.3. The molecule has 2 nitrogen and oxygen atoms in total. The number of nitrogens with zero attached hydrogens (tertiary/aromatic N) is 1. The molecule has 0 aliphatic heterocycles. The largest absolute Gasteiger partial charge is 0.418 e. The Hall–Kier alpha value is -1.31. The van der Waals surface area contributed by atoms with Crippen molar-refractivity contribution >= 4 is 0 Å². The summed E-state index contributed by atoms with van der Waals surface area (Å²) in [5, 5.41) is 8.70. The Morgan fingerprint density at radius 1 is 1.18 bits per heavy atom. The van der Waals surface area contributed by atoms with E-state index in [0.717, 1.165) is 12.3 Å². The van der Waals surface area contributed by atoms with Gasteiger partial charge in [-0.3, -0.25) is 4.98 Å². The Labute approximate surface area is 91.9 Å². The second kappa shape index (κ2) is 4.52. The number of aliphatic hydroxyl groups excluding tert-OH is 1. The van der Waals surface area contributed by atoms with Crippen LogP contribution in [0.15, 0.2) is 18.3 Å². The first-order chi connectivity index (χ1) is 7.62. The third kappa shape index (κ3) is 3.58. The van der Waals surface area contributed by atoms with Crippen LogP contribution in [0.3, 0.4) is 0 Å². The standard InChI is InChI=1S/C9H7F6NO/c10-8(11,12)5-2-1-3-16-6(5)4-7(17)9(13,14)15/h1-3,7,17H,4H2. The molecular formula is C9H7F6NO. The molecular weight excluding hydrogens is 252 g/mol. The summed E-state index contributed by atoms with van der Waals surface area (Å²) in [5.74, 6) is 0. The zero-order valence-electron chi connectivity index (χ0n) is 8.18. The van der Waals surface area contributed by atoms with Crippen LogP contribution in [0.4, 0.5) is 26.3 Å². The summed E-state index contributed by atoms with van der Waals surface area (Å²) >= 11 is 0. The van der Waals surface area contributed by atoms with Gasteiger partial charge in [-0.15, -0.1) is 0 Å². The van der Waals surface area contributed by atoms with Crippen molar-refractivity contribution in [2.75, 3.05) is 0 Å². The van der Waals surface area contributed by atoms with Gasteiger partial charge < -0.3 is 5.11 Å². The maximum absolute atomic E-state index is 12.4. The van der Waals surface area contributed by atoms with Crippen LogP contribution in [0.25, 0.3) is 0 Å². The predicted molar refractivity (Wildman–Crippen MR) is 45.0 cm³/mol. The Morgan fingerprint density at radius 2 is 1.76 bits per heavy atom. The SMILES string of the molecule is OC(Cc1ncccc1C(F)(F)F)C(F)(F)F. The summed E-state index contributed by atoms with van der Waals surface area (Å²) in [6.07, 6.45) is -12.9. The normalized spacial score (nSPS) is 14.8. The Balaban J connectivity index is 3.00. The molecule has 1 aromatic heterocycles. The van der Waals surface area contributed by atoms with E-state index in [2.05, 4.69) is 4.98 Å². The van der Waals surface area contributed by atoms with Gasteiger partial charge in [0.05, 0.1) is 11.3 Å². The minimum absolute atomic E-state index is 0.616. The lowest BCUT2D eigenvalue weighted by atomic mass is 10.1. The van der Waals surface area contributed by atoms with Crippen molar-refractivity contribution in [1.29, 1.82) is 0 Å². The van der Waals surface area contributed by atoms with E-state index in [1.807, 2.05) is 0 Å². The molecule has 0 aliphatic rings. The third-order valence-corrected chi connectivity index (χ3v) is 1.96. The number of aromatic nitrogens is 1. The zero-order valence-corrected chi connectivity index (χ0v) is 8.18. The van der Waals surface area contributed by atoms with E-state index >= 15 is 0 Å². The first-order valence-corrected chi connectivity index (χ1v) is 4.38. The van der Waals surface area contributed by atoms with E-state index in [0.29, 0.717) is 6.07 Å². The Bertz CT molecular complexity index is 386. The molecule has 17 heavy (non-hydrogen) atoms. The lowest BCUT2D eigenvalue weighted by Crippen LogP contribution is -2.31. The predicted octanol–water partition coefficient (Wildman–Crippen LogP) is 2.57. The minimum atomic E-state index is -4.97. The number of rotatable bonds is 2. The number of pyridine rings is 1. The number of alkyl halides is 6. The highest BCUT2D eigenvalue weighted by Gasteiger charge is 2.41. The number of hydrogen-bond acceptors (Lipinski definition) is 2. The molecule has 0 aliphatic carbocycles. The first-order valence-electron chi connectivity index (χ1n) is 4.38. The fraction of sp³-hybridized carbons (Fsp3) is 0.444. The molecule has 1 rings (SSSR count). The van der Waals surface area contributed by atoms with E-state index in [-0.39, 0.29) is 0 Å². The molecule has 1 N–H and O–H groups in total. The van der Waals surface area contributed by atoms with Crippen LogP contribution >= 0.6 is 0 Å². The Kier molecular flexibility index (Phi) is 3.65. The number of hydrogen-bond donors (Lipinski definition) is 1. The van der Waals surface area contributed by atoms with E-state index < -0.39 is 36.1 Å². The van der Waals surface area contributed by atoms with Crippen molar-refractivity contribution in [3.05, 3.63) is 29.6 Å². The van der Waals surface area contributed by atoms with Crippen LogP contribution in [-0.4, -0.2) is 22.4 Å². The highest BCUT2D eigenvalue weighted by Crippen LogP contribution is 2.32. The van der Waals surface area contributed by atoms with Gasteiger partial charge in [0.15, 0.2) is 6.10 Å². The van der Waals surface area contributed by atoms with Crippen molar-refractivity contribution in [3.8, 4) is 0 Å². The molecule has 0 aromatic carbocycles. The highest BCUT2D eigenvalue weighted by molar-refractivity contribution is 5.23. The third-order valence-electron chi connectivity index (χ3n) is 1.96. The van der Waals surface area contributed by atoms with Crippen molar-refractivity contribution in [2.24, 2.45) is 0 Å². The van der Waals surface area contributed by atoms with Crippen LogP contribution in [-0.2, 0) is 12.6 Å². The van der Waals surface area contributed by atoms with Gasteiger partial charge in [0.25, 0.3) is 0 Å². The first kappa shape index (κ1) is 13.8. The Morgan fingerprint density at radius 3 is 2.24 bits per heavy atom. The molecule has 1 heterocycles. The molecule has 0 radical (unpaired) electrons. The summed E-state index contributed by atoms with van der Waals surface area (Å²) in [6, 6.07) is 1.58. The molecule has 0 bridgehead atoms. The molecule has 1 atom stereocenters. The molecule has 0 saturated heterocycles. The second-order valence-electron chi connectivity index (χ2n) is 3.26. The second-order valence-corrected chi connectivity index (χ2v) is 3.26. The van der Waals surface area contributed by atoms with Crippen LogP contribution in [0.2, 0.25) is 0 Å². The van der Waals surface area contributed by atoms with Gasteiger partial charge in [-0.05, 0) is 12.1 Å². The van der Waals surface area contributed by atoms with E-state index in [1.165, 1.54) is 0 Å². The van der Waals surface area contributed by atoms with Gasteiger partial charge in [0.2, 0.25) is 0 Å². The quantitative estimate of drug-likeness (QED) is 0.828. The van der Waals surface area contributed by atoms with Gasteiger partial charge in [0, 0.05) is 12.6 Å². The maximum Gasteiger partial charge on any atom is 0.418 e. The van der Waals surface area contributed by atoms with Gasteiger partial charge in [-0.25, -0.2) is 0 Å². The minimum Gasteiger partial charge on any atom is -0.383 e. The lowest BCUT2D eigenvalue weighted by molar-refractivity contribution is -0.203. The highest BCUT2D eigenvalue weighted by atomic mass is 19.4. The molecule has 0 spiro atoms. The molecule has 1 aromatic rings. The van der Waals surface area contributed by atoms with Crippen molar-refractivity contribution < 1.29 is 31.4 Å². The van der Waals surface area contributed by atoms with Crippen LogP contribution in [0.5, 0.6) is 0 Å². The van der Waals surface area contributed by atoms with Crippen LogP contribution < -0.4 is 0 Å². The van der Waals surface area contributed by atoms with E-state index in [9.17, 15) is 26.3 Å². The van der Waals surface area contributed by atoms with Crippen molar-refractivity contribution in [2.45, 2.75) is 24.9 Å². The molecule has 8 heteroatoms. The summed E-state index contributed by atoms with van der Waals surface area (Å²) < 4.78 is 73.2. The van der Waals surface area contributed by atoms with E-state index in [1.54, 1.807) is 0 Å². The fourth-order valence-corrected chi connectivity index (χ4v) is 1.16. The van der Waals surface area contributed by atoms with Crippen LogP contribution in [0, 0.1) is 0 Å². The van der Waals surface area contributed by atoms with Gasteiger partial charge >= 0.3 is 12.4 Å². The summed E-state index contributed by atoms with van der Waals surface area (Å²) in [5.41, 5.74) is -2.10. The molecule has 96 valence electrons. The van der Waals surface area contributed by atoms with Gasteiger partial charge in [0.1, 0.15) is 0 Å². The molecule has 1 unspecified atom stereocenters. The average molecular weight is 259 g/mol. The molecule has 0 amide bonds. The summed E-state index contributed by atoms with van der Waals surface area (Å²) in [4.78, 5) is 3.22. The lowest BCUT2D eigenvalue weighted by Gasteiger charge is -2.16. The summed E-state index contributed by atoms with van der Waals surface area (Å²) in [7, 11) is 0. The topological polar surface area (TPSA) is 33.1 Å². The van der Waals surface area contributed by atoms with Gasteiger partial charge in [-0.1, -0.05) is 0 Å². The smallest absolute Gasteiger partial charge is 0.383 e. The monoisotopic (exact) mass is 259 g/mol. The number of halogens is 6. The number of aliphatic hydroxyl groups is 1. The van der Waals surface area contributed by atoms with Crippen molar-refractivity contribution in [1.82, 2.24) is 4.98 Å².